The Kier molecular flexibility index (Phi) is 6.99. The van der Waals surface area contributed by atoms with Crippen LogP contribution in [-0.4, -0.2) is 25.1 Å². The third-order valence-electron chi connectivity index (χ3n) is 3.33. The first-order valence-electron chi connectivity index (χ1n) is 8.00. The molecule has 0 atom stereocenters. The molecule has 0 radical (unpaired) electrons. The predicted octanol–water partition coefficient (Wildman–Crippen LogP) is 4.86. The Morgan fingerprint density at radius 1 is 1.31 bits per heavy atom. The molecule has 0 saturated heterocycles. The predicted molar refractivity (Wildman–Crippen MR) is 99.9 cm³/mol. The van der Waals surface area contributed by atoms with Gasteiger partial charge in [-0.1, -0.05) is 25.4 Å². The second-order valence-corrected chi connectivity index (χ2v) is 7.17. The number of hydrogen-bond donors (Lipinski definition) is 1. The van der Waals surface area contributed by atoms with Gasteiger partial charge >= 0.3 is 5.97 Å². The van der Waals surface area contributed by atoms with Gasteiger partial charge in [0.15, 0.2) is 6.61 Å². The van der Waals surface area contributed by atoms with Crippen LogP contribution in [0.3, 0.4) is 0 Å². The summed E-state index contributed by atoms with van der Waals surface area (Å²) in [6, 6.07) is 5.54. The summed E-state index contributed by atoms with van der Waals surface area (Å²) >= 11 is 6.99. The highest BCUT2D eigenvalue weighted by Crippen LogP contribution is 2.33. The molecule has 0 bridgehead atoms. The van der Waals surface area contributed by atoms with Crippen molar-refractivity contribution in [1.82, 2.24) is 0 Å². The zero-order chi connectivity index (χ0) is 19.3. The Bertz CT molecular complexity index is 806. The maximum atomic E-state index is 13.1. The third-order valence-corrected chi connectivity index (χ3v) is 4.97. The summed E-state index contributed by atoms with van der Waals surface area (Å²) in [4.78, 5) is 25.2. The lowest BCUT2D eigenvalue weighted by atomic mass is 10.1. The number of halogens is 2. The second kappa shape index (κ2) is 9.00. The average molecular weight is 400 g/mol. The van der Waals surface area contributed by atoms with Crippen molar-refractivity contribution in [3.8, 4) is 5.75 Å². The molecule has 140 valence electrons. The second-order valence-electron chi connectivity index (χ2n) is 5.68. The summed E-state index contributed by atoms with van der Waals surface area (Å²) in [7, 11) is 0. The summed E-state index contributed by atoms with van der Waals surface area (Å²) < 4.78 is 23.5. The van der Waals surface area contributed by atoms with Crippen LogP contribution < -0.4 is 10.1 Å². The highest BCUT2D eigenvalue weighted by Gasteiger charge is 2.20. The van der Waals surface area contributed by atoms with Gasteiger partial charge < -0.3 is 14.8 Å². The van der Waals surface area contributed by atoms with Crippen LogP contribution in [-0.2, 0) is 9.53 Å². The van der Waals surface area contributed by atoms with Crippen LogP contribution in [0, 0.1) is 5.82 Å². The molecule has 2 aromatic rings. The Morgan fingerprint density at radius 2 is 2.04 bits per heavy atom. The first kappa shape index (κ1) is 20.2. The van der Waals surface area contributed by atoms with Crippen molar-refractivity contribution in [2.45, 2.75) is 26.7 Å². The van der Waals surface area contributed by atoms with Crippen molar-refractivity contribution in [2.24, 2.45) is 0 Å². The van der Waals surface area contributed by atoms with Crippen LogP contribution in [0.5, 0.6) is 5.75 Å². The maximum absolute atomic E-state index is 13.1. The smallest absolute Gasteiger partial charge is 0.341 e. The molecule has 26 heavy (non-hydrogen) atoms. The Labute approximate surface area is 160 Å². The Morgan fingerprint density at radius 3 is 2.65 bits per heavy atom. The van der Waals surface area contributed by atoms with Gasteiger partial charge in [0.1, 0.15) is 16.6 Å². The number of carbonyl (C=O) groups is 2. The van der Waals surface area contributed by atoms with Crippen LogP contribution in [0.2, 0.25) is 5.02 Å². The van der Waals surface area contributed by atoms with Crippen LogP contribution in [0.15, 0.2) is 24.3 Å². The average Bonchev–Trinajstić information content (AvgIpc) is 3.00. The van der Waals surface area contributed by atoms with E-state index in [0.717, 1.165) is 10.9 Å². The summed E-state index contributed by atoms with van der Waals surface area (Å²) in [6.07, 6.45) is 0. The van der Waals surface area contributed by atoms with E-state index < -0.39 is 17.7 Å². The van der Waals surface area contributed by atoms with Crippen molar-refractivity contribution < 1.29 is 23.5 Å². The lowest BCUT2D eigenvalue weighted by molar-refractivity contribution is -0.118. The van der Waals surface area contributed by atoms with Gasteiger partial charge in [-0.05, 0) is 31.0 Å². The monoisotopic (exact) mass is 399 g/mol. The number of amides is 1. The molecule has 0 spiro atoms. The van der Waals surface area contributed by atoms with E-state index in [9.17, 15) is 14.0 Å². The molecule has 0 unspecified atom stereocenters. The van der Waals surface area contributed by atoms with Gasteiger partial charge in [-0.3, -0.25) is 4.79 Å². The zero-order valence-electron chi connectivity index (χ0n) is 14.6. The molecular weight excluding hydrogens is 381 g/mol. The van der Waals surface area contributed by atoms with E-state index in [4.69, 9.17) is 21.1 Å². The van der Waals surface area contributed by atoms with E-state index in [-0.39, 0.29) is 29.9 Å². The molecule has 8 heteroatoms. The van der Waals surface area contributed by atoms with Crippen LogP contribution in [0.1, 0.15) is 41.9 Å². The van der Waals surface area contributed by atoms with Crippen molar-refractivity contribution >= 4 is 39.8 Å². The van der Waals surface area contributed by atoms with Crippen molar-refractivity contribution in [3.05, 3.63) is 45.5 Å². The van der Waals surface area contributed by atoms with E-state index in [1.165, 1.54) is 23.5 Å². The highest BCUT2D eigenvalue weighted by molar-refractivity contribution is 7.16. The lowest BCUT2D eigenvalue weighted by Gasteiger charge is -2.08. The third kappa shape index (κ3) is 5.19. The van der Waals surface area contributed by atoms with Crippen LogP contribution in [0.25, 0.3) is 0 Å². The van der Waals surface area contributed by atoms with Gasteiger partial charge in [0.05, 0.1) is 17.2 Å². The number of esters is 1. The summed E-state index contributed by atoms with van der Waals surface area (Å²) in [6.45, 7) is 5.64. The van der Waals surface area contributed by atoms with E-state index in [2.05, 4.69) is 5.32 Å². The fourth-order valence-electron chi connectivity index (χ4n) is 2.03. The number of ether oxygens (including phenoxy) is 2. The maximum Gasteiger partial charge on any atom is 0.341 e. The number of rotatable bonds is 7. The first-order chi connectivity index (χ1) is 12.3. The largest absolute Gasteiger partial charge is 0.484 e. The van der Waals surface area contributed by atoms with Crippen LogP contribution >= 0.6 is 22.9 Å². The number of thiophene rings is 1. The molecular formula is C18H19ClFNO4S. The van der Waals surface area contributed by atoms with Gasteiger partial charge in [0.2, 0.25) is 0 Å². The molecule has 1 aromatic carbocycles. The molecule has 0 aliphatic carbocycles. The molecule has 1 heterocycles. The van der Waals surface area contributed by atoms with E-state index in [1.807, 2.05) is 13.8 Å². The number of anilines is 1. The zero-order valence-corrected chi connectivity index (χ0v) is 16.2. The Balaban J connectivity index is 2.07. The first-order valence-corrected chi connectivity index (χ1v) is 9.19. The molecule has 1 N–H and O–H groups in total. The van der Waals surface area contributed by atoms with Gasteiger partial charge in [0.25, 0.3) is 5.91 Å². The fraction of sp³-hybridized carbons (Fsp3) is 0.333. The van der Waals surface area contributed by atoms with E-state index in [0.29, 0.717) is 10.6 Å². The summed E-state index contributed by atoms with van der Waals surface area (Å²) in [5.74, 6) is -1.03. The van der Waals surface area contributed by atoms with Gasteiger partial charge in [-0.2, -0.15) is 0 Å². The molecule has 1 amide bonds. The van der Waals surface area contributed by atoms with Crippen molar-refractivity contribution in [3.63, 3.8) is 0 Å². The SMILES string of the molecule is CCOC(=O)c1cc(C(C)C)sc1NC(=O)COc1ccc(F)c(Cl)c1. The fourth-order valence-corrected chi connectivity index (χ4v) is 3.26. The number of carbonyl (C=O) groups excluding carboxylic acids is 2. The molecule has 0 aliphatic rings. The Hall–Kier alpha value is -2.12. The van der Waals surface area contributed by atoms with Crippen molar-refractivity contribution in [1.29, 1.82) is 0 Å². The van der Waals surface area contributed by atoms with Gasteiger partial charge in [-0.25, -0.2) is 9.18 Å². The highest BCUT2D eigenvalue weighted by atomic mass is 35.5. The quantitative estimate of drug-likeness (QED) is 0.675. The van der Waals surface area contributed by atoms with E-state index in [1.54, 1.807) is 13.0 Å². The minimum atomic E-state index is -0.567. The molecule has 0 fully saturated rings. The van der Waals surface area contributed by atoms with Gasteiger partial charge in [-0.15, -0.1) is 11.3 Å². The normalized spacial score (nSPS) is 10.7. The van der Waals surface area contributed by atoms with Crippen molar-refractivity contribution in [2.75, 3.05) is 18.5 Å². The summed E-state index contributed by atoms with van der Waals surface area (Å²) in [5.41, 5.74) is 0.318. The van der Waals surface area contributed by atoms with Gasteiger partial charge in [0, 0.05) is 10.9 Å². The summed E-state index contributed by atoms with van der Waals surface area (Å²) in [5, 5.41) is 2.99. The molecule has 0 saturated carbocycles. The minimum absolute atomic E-state index is 0.0904. The van der Waals surface area contributed by atoms with E-state index >= 15 is 0 Å². The minimum Gasteiger partial charge on any atom is -0.484 e. The number of hydrogen-bond acceptors (Lipinski definition) is 5. The van der Waals surface area contributed by atoms with Crippen LogP contribution in [0.4, 0.5) is 9.39 Å². The molecule has 5 nitrogen and oxygen atoms in total. The molecule has 2 rings (SSSR count). The topological polar surface area (TPSA) is 64.6 Å². The lowest BCUT2D eigenvalue weighted by Crippen LogP contribution is -2.21. The molecule has 0 aliphatic heterocycles. The molecule has 1 aromatic heterocycles. The standard InChI is InChI=1S/C18H19ClFNO4S/c1-4-24-18(23)12-8-15(10(2)3)26-17(12)21-16(22)9-25-11-5-6-14(20)13(19)7-11/h5-8,10H,4,9H2,1-3H3,(H,21,22). The number of benzene rings is 1. The number of nitrogens with one attached hydrogen (secondary N) is 1.